The molecule has 0 amide bonds. The molecule has 1 atom stereocenters. The lowest BCUT2D eigenvalue weighted by molar-refractivity contribution is 0.203. The summed E-state index contributed by atoms with van der Waals surface area (Å²) in [6.07, 6.45) is 1.52. The van der Waals surface area contributed by atoms with Crippen LogP contribution in [-0.4, -0.2) is 153 Å². The van der Waals surface area contributed by atoms with Crippen LogP contribution in [0.4, 0.5) is 0 Å². The zero-order chi connectivity index (χ0) is 32.0. The summed E-state index contributed by atoms with van der Waals surface area (Å²) in [4.78, 5) is 0. The normalized spacial score (nSPS) is 9.77. The molecule has 0 radical (unpaired) electrons. The van der Waals surface area contributed by atoms with Gasteiger partial charge in [-0.3, -0.25) is 0 Å². The van der Waals surface area contributed by atoms with Gasteiger partial charge in [-0.2, -0.15) is 0 Å². The van der Waals surface area contributed by atoms with Crippen LogP contribution in [0.1, 0.15) is 47.5 Å². The molecule has 0 aliphatic heterocycles. The predicted molar refractivity (Wildman–Crippen MR) is 165 cm³/mol. The van der Waals surface area contributed by atoms with Crippen LogP contribution in [0.5, 0.6) is 0 Å². The fraction of sp³-hybridized carbons (Fsp3) is 1.00. The molecule has 14 nitrogen and oxygen atoms in total. The molecule has 39 heavy (non-hydrogen) atoms. The third-order valence-corrected chi connectivity index (χ3v) is 3.11. The topological polar surface area (TPSA) is 268 Å². The van der Waals surface area contributed by atoms with Gasteiger partial charge in [0, 0.05) is 51.9 Å². The summed E-state index contributed by atoms with van der Waals surface area (Å²) in [6, 6.07) is 0.493. The van der Waals surface area contributed by atoms with Crippen molar-refractivity contribution in [3.63, 3.8) is 0 Å². The minimum absolute atomic E-state index is 0.0972. The number of hydrogen-bond donors (Lipinski definition) is 14. The van der Waals surface area contributed by atoms with Gasteiger partial charge in [-0.25, -0.2) is 0 Å². The zero-order valence-corrected chi connectivity index (χ0v) is 26.0. The zero-order valence-electron chi connectivity index (χ0n) is 26.0. The number of likely N-dealkylation sites (N-methyl/N-ethyl adjacent to an activating group) is 2. The van der Waals surface area contributed by atoms with E-state index in [-0.39, 0.29) is 45.7 Å². The van der Waals surface area contributed by atoms with Crippen LogP contribution in [0.3, 0.4) is 0 Å². The number of aliphatic hydroxyl groups excluding tert-OH is 7. The van der Waals surface area contributed by atoms with E-state index in [1.54, 1.807) is 14.0 Å². The molecule has 0 spiro atoms. The molecule has 0 aromatic carbocycles. The maximum atomic E-state index is 8.25. The molecule has 0 aliphatic rings. The SMILES string of the molecule is CC(C)NCCO.CC(O)CN.CCCNCCO.CCNCCO.CNCCO.NCCCO.NCCO. The monoisotopic (exact) mass is 582 g/mol. The molecule has 17 N–H and O–H groups in total. The number of aliphatic hydroxyl groups is 7. The second-order valence-electron chi connectivity index (χ2n) is 7.67. The van der Waals surface area contributed by atoms with Crippen molar-refractivity contribution in [3.8, 4) is 0 Å². The molecule has 0 saturated heterocycles. The summed E-state index contributed by atoms with van der Waals surface area (Å²) in [5.41, 5.74) is 14.7. The molecule has 0 aromatic heterocycles. The van der Waals surface area contributed by atoms with Gasteiger partial charge in [0.05, 0.1) is 39.1 Å². The molecule has 0 heterocycles. The van der Waals surface area contributed by atoms with E-state index in [1.807, 2.05) is 6.92 Å². The molecule has 0 aromatic rings. The molecule has 1 unspecified atom stereocenters. The third-order valence-electron chi connectivity index (χ3n) is 3.11. The van der Waals surface area contributed by atoms with Gasteiger partial charge in [0.15, 0.2) is 0 Å². The van der Waals surface area contributed by atoms with E-state index in [0.717, 1.165) is 39.0 Å². The standard InChI is InChI=1S/2C5H13NO.C4H11NO.3C3H9NO.C2H7NO/c1-5(2)6-3-4-7;1-2-3-6-4-5-7;1-2-5-3-4-6;1-4-2-3-5;1-3(5)2-4;4-2-1-3-5;3-1-2-4/h5-7H,3-4H2,1-2H3;6-7H,2-5H2,1H3;5-6H,2-4H2,1H3;4-5H,2-3H2,1H3;3,5H,2,4H2,1H3;5H,1-4H2;4H,1-3H2. The molecule has 14 heteroatoms. The largest absolute Gasteiger partial charge is 0.396 e. The highest BCUT2D eigenvalue weighted by Gasteiger charge is 1.86. The van der Waals surface area contributed by atoms with Crippen molar-refractivity contribution < 1.29 is 35.7 Å². The summed E-state index contributed by atoms with van der Waals surface area (Å²) < 4.78 is 0. The quantitative estimate of drug-likeness (QED) is 0.0783. The van der Waals surface area contributed by atoms with Crippen molar-refractivity contribution in [1.29, 1.82) is 0 Å². The van der Waals surface area contributed by atoms with E-state index >= 15 is 0 Å². The molecule has 0 fully saturated rings. The minimum atomic E-state index is -0.338. The van der Waals surface area contributed by atoms with Gasteiger partial charge in [0.1, 0.15) is 0 Å². The first-order chi connectivity index (χ1) is 18.6. The average Bonchev–Trinajstić information content (AvgIpc) is 2.93. The Bertz CT molecular complexity index is 283. The third kappa shape index (κ3) is 155. The van der Waals surface area contributed by atoms with Gasteiger partial charge >= 0.3 is 0 Å². The summed E-state index contributed by atoms with van der Waals surface area (Å²) >= 11 is 0. The molecule has 0 rings (SSSR count). The van der Waals surface area contributed by atoms with Gasteiger partial charge in [0.25, 0.3) is 0 Å². The molecule has 248 valence electrons. The molecule has 0 aliphatic carbocycles. The van der Waals surface area contributed by atoms with Crippen molar-refractivity contribution in [3.05, 3.63) is 0 Å². The van der Waals surface area contributed by atoms with E-state index in [2.05, 4.69) is 42.0 Å². The van der Waals surface area contributed by atoms with Crippen molar-refractivity contribution in [1.82, 2.24) is 21.3 Å². The van der Waals surface area contributed by atoms with Crippen LogP contribution in [-0.2, 0) is 0 Å². The first kappa shape index (κ1) is 54.5. The first-order valence-corrected chi connectivity index (χ1v) is 13.8. The van der Waals surface area contributed by atoms with Crippen LogP contribution >= 0.6 is 0 Å². The summed E-state index contributed by atoms with van der Waals surface area (Å²) in [7, 11) is 1.80. The Morgan fingerprint density at radius 1 is 0.615 bits per heavy atom. The van der Waals surface area contributed by atoms with Crippen LogP contribution < -0.4 is 38.5 Å². The summed E-state index contributed by atoms with van der Waals surface area (Å²) in [5.74, 6) is 0. The summed E-state index contributed by atoms with van der Waals surface area (Å²) in [5, 5.41) is 68.4. The van der Waals surface area contributed by atoms with E-state index < -0.39 is 0 Å². The molecular weight excluding hydrogens is 510 g/mol. The maximum absolute atomic E-state index is 8.25. The highest BCUT2D eigenvalue weighted by molar-refractivity contribution is 4.49. The van der Waals surface area contributed by atoms with E-state index in [0.29, 0.717) is 38.8 Å². The smallest absolute Gasteiger partial charge is 0.0634 e. The lowest BCUT2D eigenvalue weighted by atomic mass is 10.4. The lowest BCUT2D eigenvalue weighted by Crippen LogP contribution is -2.25. The summed E-state index contributed by atoms with van der Waals surface area (Å²) in [6.45, 7) is 17.3. The second-order valence-corrected chi connectivity index (χ2v) is 7.67. The Labute approximate surface area is 239 Å². The number of rotatable bonds is 16. The average molecular weight is 582 g/mol. The predicted octanol–water partition coefficient (Wildman–Crippen LogP) is -3.67. The number of nitrogens with two attached hydrogens (primary N) is 3. The van der Waals surface area contributed by atoms with Gasteiger partial charge in [-0.05, 0) is 46.4 Å². The molecule has 0 saturated carbocycles. The first-order valence-electron chi connectivity index (χ1n) is 13.8. The van der Waals surface area contributed by atoms with Gasteiger partial charge in [-0.15, -0.1) is 0 Å². The Morgan fingerprint density at radius 2 is 1.05 bits per heavy atom. The molecule has 0 bridgehead atoms. The Hall–Kier alpha value is -0.560. The lowest BCUT2D eigenvalue weighted by Gasteiger charge is -2.03. The van der Waals surface area contributed by atoms with E-state index in [4.69, 9.17) is 52.9 Å². The Morgan fingerprint density at radius 3 is 1.18 bits per heavy atom. The molecular formula is C25H71N7O7. The highest BCUT2D eigenvalue weighted by Crippen LogP contribution is 1.71. The van der Waals surface area contributed by atoms with Crippen molar-refractivity contribution in [2.75, 3.05) is 106 Å². The van der Waals surface area contributed by atoms with E-state index in [9.17, 15) is 0 Å². The van der Waals surface area contributed by atoms with Gasteiger partial charge < -0.3 is 74.2 Å². The number of nitrogens with one attached hydrogen (secondary N) is 4. The number of hydrogen-bond acceptors (Lipinski definition) is 14. The second kappa shape index (κ2) is 71.1. The van der Waals surface area contributed by atoms with Crippen LogP contribution in [0, 0.1) is 0 Å². The fourth-order valence-electron chi connectivity index (χ4n) is 1.19. The van der Waals surface area contributed by atoms with Crippen LogP contribution in [0.25, 0.3) is 0 Å². The fourth-order valence-corrected chi connectivity index (χ4v) is 1.19. The highest BCUT2D eigenvalue weighted by atomic mass is 16.3. The van der Waals surface area contributed by atoms with Crippen molar-refractivity contribution in [2.45, 2.75) is 59.6 Å². The van der Waals surface area contributed by atoms with Crippen molar-refractivity contribution >= 4 is 0 Å². The minimum Gasteiger partial charge on any atom is -0.396 e. The Balaban J connectivity index is -0.0000000618. The van der Waals surface area contributed by atoms with Crippen LogP contribution in [0.15, 0.2) is 0 Å². The van der Waals surface area contributed by atoms with Gasteiger partial charge in [0.2, 0.25) is 0 Å². The Kier molecular flexibility index (Phi) is 99.4. The van der Waals surface area contributed by atoms with Crippen LogP contribution in [0.2, 0.25) is 0 Å². The maximum Gasteiger partial charge on any atom is 0.0634 e. The van der Waals surface area contributed by atoms with Gasteiger partial charge in [-0.1, -0.05) is 27.7 Å². The van der Waals surface area contributed by atoms with Crippen molar-refractivity contribution in [2.24, 2.45) is 17.2 Å². The van der Waals surface area contributed by atoms with E-state index in [1.165, 1.54) is 0 Å².